The van der Waals surface area contributed by atoms with Gasteiger partial charge in [-0.2, -0.15) is 0 Å². The second-order valence-electron chi connectivity index (χ2n) is 5.62. The zero-order valence-corrected chi connectivity index (χ0v) is 13.5. The van der Waals surface area contributed by atoms with E-state index in [1.807, 2.05) is 6.07 Å². The van der Waals surface area contributed by atoms with Crippen LogP contribution in [0.5, 0.6) is 0 Å². The summed E-state index contributed by atoms with van der Waals surface area (Å²) in [5, 5.41) is 0. The van der Waals surface area contributed by atoms with Crippen LogP contribution < -0.4 is 4.72 Å². The minimum absolute atomic E-state index is 0.187. The van der Waals surface area contributed by atoms with Crippen molar-refractivity contribution in [2.75, 3.05) is 32.8 Å². The lowest BCUT2D eigenvalue weighted by atomic mass is 10.0. The lowest BCUT2D eigenvalue weighted by Crippen LogP contribution is -2.51. The van der Waals surface area contributed by atoms with E-state index in [0.717, 1.165) is 13.1 Å². The number of rotatable bonds is 6. The van der Waals surface area contributed by atoms with E-state index in [-0.39, 0.29) is 6.04 Å². The van der Waals surface area contributed by atoms with E-state index in [1.54, 1.807) is 24.3 Å². The number of benzene rings is 1. The van der Waals surface area contributed by atoms with Crippen molar-refractivity contribution in [3.8, 4) is 0 Å². The largest absolute Gasteiger partial charge is 0.379 e. The average Bonchev–Trinajstić information content (AvgIpc) is 2.49. The Morgan fingerprint density at radius 3 is 2.38 bits per heavy atom. The second-order valence-corrected chi connectivity index (χ2v) is 7.39. The van der Waals surface area contributed by atoms with Crippen molar-refractivity contribution < 1.29 is 13.2 Å². The average molecular weight is 312 g/mol. The van der Waals surface area contributed by atoms with Gasteiger partial charge in [-0.3, -0.25) is 4.90 Å². The Bertz CT molecular complexity index is 525. The SMILES string of the molecule is CC(C)[C@@H](CNS(=O)(=O)c1ccccc1)N1CCOCC1. The molecule has 0 radical (unpaired) electrons. The number of sulfonamides is 1. The fraction of sp³-hybridized carbons (Fsp3) is 0.600. The third-order valence-corrected chi connectivity index (χ3v) is 5.26. The predicted molar refractivity (Wildman–Crippen MR) is 82.6 cm³/mol. The minimum Gasteiger partial charge on any atom is -0.379 e. The van der Waals surface area contributed by atoms with Gasteiger partial charge in [-0.25, -0.2) is 13.1 Å². The monoisotopic (exact) mass is 312 g/mol. The molecule has 0 bridgehead atoms. The second kappa shape index (κ2) is 7.35. The molecule has 1 aliphatic rings. The highest BCUT2D eigenvalue weighted by atomic mass is 32.2. The molecule has 2 rings (SSSR count). The molecular weight excluding hydrogens is 288 g/mol. The van der Waals surface area contributed by atoms with Crippen molar-refractivity contribution in [2.45, 2.75) is 24.8 Å². The smallest absolute Gasteiger partial charge is 0.240 e. The van der Waals surface area contributed by atoms with Gasteiger partial charge in [0.15, 0.2) is 0 Å². The summed E-state index contributed by atoms with van der Waals surface area (Å²) in [6.07, 6.45) is 0. The van der Waals surface area contributed by atoms with Gasteiger partial charge < -0.3 is 4.74 Å². The Labute approximate surface area is 127 Å². The first-order valence-corrected chi connectivity index (χ1v) is 8.85. The van der Waals surface area contributed by atoms with Crippen molar-refractivity contribution >= 4 is 10.0 Å². The standard InChI is InChI=1S/C15H24N2O3S/c1-13(2)15(17-8-10-20-11-9-17)12-16-21(18,19)14-6-4-3-5-7-14/h3-7,13,15-16H,8-12H2,1-2H3/t15-/m1/s1. The Morgan fingerprint density at radius 2 is 1.81 bits per heavy atom. The fourth-order valence-corrected chi connectivity index (χ4v) is 3.65. The molecule has 1 heterocycles. The highest BCUT2D eigenvalue weighted by Gasteiger charge is 2.25. The number of ether oxygens (including phenoxy) is 1. The number of nitrogens with one attached hydrogen (secondary N) is 1. The van der Waals surface area contributed by atoms with Crippen molar-refractivity contribution in [1.82, 2.24) is 9.62 Å². The molecule has 118 valence electrons. The van der Waals surface area contributed by atoms with Gasteiger partial charge in [-0.15, -0.1) is 0 Å². The topological polar surface area (TPSA) is 58.6 Å². The van der Waals surface area contributed by atoms with E-state index < -0.39 is 10.0 Å². The molecule has 0 unspecified atom stereocenters. The van der Waals surface area contributed by atoms with Gasteiger partial charge in [0.25, 0.3) is 0 Å². The van der Waals surface area contributed by atoms with Crippen LogP contribution in [0.3, 0.4) is 0 Å². The van der Waals surface area contributed by atoms with Crippen LogP contribution in [0.2, 0.25) is 0 Å². The number of morpholine rings is 1. The summed E-state index contributed by atoms with van der Waals surface area (Å²) in [5.41, 5.74) is 0. The van der Waals surface area contributed by atoms with Crippen LogP contribution in [0, 0.1) is 5.92 Å². The van der Waals surface area contributed by atoms with Gasteiger partial charge >= 0.3 is 0 Å². The van der Waals surface area contributed by atoms with Gasteiger partial charge in [-0.1, -0.05) is 32.0 Å². The van der Waals surface area contributed by atoms with Crippen LogP contribution in [0.1, 0.15) is 13.8 Å². The van der Waals surface area contributed by atoms with Crippen LogP contribution in [-0.2, 0) is 14.8 Å². The number of hydrogen-bond donors (Lipinski definition) is 1. The third-order valence-electron chi connectivity index (χ3n) is 3.82. The van der Waals surface area contributed by atoms with Crippen molar-refractivity contribution in [2.24, 2.45) is 5.92 Å². The molecule has 0 saturated carbocycles. The molecule has 1 aromatic rings. The highest BCUT2D eigenvalue weighted by Crippen LogP contribution is 2.14. The number of hydrogen-bond acceptors (Lipinski definition) is 4. The molecule has 0 aliphatic carbocycles. The van der Waals surface area contributed by atoms with E-state index in [9.17, 15) is 8.42 Å². The van der Waals surface area contributed by atoms with E-state index in [2.05, 4.69) is 23.5 Å². The Balaban J connectivity index is 2.01. The summed E-state index contributed by atoms with van der Waals surface area (Å²) >= 11 is 0. The summed E-state index contributed by atoms with van der Waals surface area (Å²) in [7, 11) is -3.44. The Morgan fingerprint density at radius 1 is 1.19 bits per heavy atom. The van der Waals surface area contributed by atoms with Crippen LogP contribution in [-0.4, -0.2) is 52.2 Å². The maximum atomic E-state index is 12.3. The fourth-order valence-electron chi connectivity index (χ4n) is 2.57. The van der Waals surface area contributed by atoms with Crippen LogP contribution >= 0.6 is 0 Å². The molecular formula is C15H24N2O3S. The summed E-state index contributed by atoms with van der Waals surface area (Å²) in [4.78, 5) is 2.62. The summed E-state index contributed by atoms with van der Waals surface area (Å²) in [5.74, 6) is 0.376. The normalized spacial score (nSPS) is 18.8. The molecule has 0 aromatic heterocycles. The van der Waals surface area contributed by atoms with Gasteiger partial charge in [0.2, 0.25) is 10.0 Å². The van der Waals surface area contributed by atoms with Crippen LogP contribution in [0.25, 0.3) is 0 Å². The van der Waals surface area contributed by atoms with Crippen molar-refractivity contribution in [3.63, 3.8) is 0 Å². The molecule has 1 N–H and O–H groups in total. The quantitative estimate of drug-likeness (QED) is 0.861. The van der Waals surface area contributed by atoms with Crippen LogP contribution in [0.15, 0.2) is 35.2 Å². The Kier molecular flexibility index (Phi) is 5.75. The molecule has 1 atom stereocenters. The van der Waals surface area contributed by atoms with Crippen molar-refractivity contribution in [1.29, 1.82) is 0 Å². The van der Waals surface area contributed by atoms with Gasteiger partial charge in [0.1, 0.15) is 0 Å². The molecule has 5 nitrogen and oxygen atoms in total. The molecule has 1 aromatic carbocycles. The molecule has 0 spiro atoms. The lowest BCUT2D eigenvalue weighted by molar-refractivity contribution is 0.00776. The van der Waals surface area contributed by atoms with Gasteiger partial charge in [0.05, 0.1) is 18.1 Å². The third kappa shape index (κ3) is 4.51. The van der Waals surface area contributed by atoms with Crippen LogP contribution in [0.4, 0.5) is 0 Å². The summed E-state index contributed by atoms with van der Waals surface area (Å²) in [6.45, 7) is 7.82. The number of nitrogens with zero attached hydrogens (tertiary/aromatic N) is 1. The maximum absolute atomic E-state index is 12.3. The molecule has 1 saturated heterocycles. The first-order valence-electron chi connectivity index (χ1n) is 7.37. The first kappa shape index (κ1) is 16.4. The first-order chi connectivity index (χ1) is 10.0. The summed E-state index contributed by atoms with van der Waals surface area (Å²) < 4.78 is 32.7. The highest BCUT2D eigenvalue weighted by molar-refractivity contribution is 7.89. The minimum atomic E-state index is -3.44. The molecule has 0 amide bonds. The lowest BCUT2D eigenvalue weighted by Gasteiger charge is -2.36. The predicted octanol–water partition coefficient (Wildman–Crippen LogP) is 1.32. The summed E-state index contributed by atoms with van der Waals surface area (Å²) in [6, 6.07) is 8.69. The van der Waals surface area contributed by atoms with E-state index in [1.165, 1.54) is 0 Å². The maximum Gasteiger partial charge on any atom is 0.240 e. The van der Waals surface area contributed by atoms with E-state index in [0.29, 0.717) is 30.6 Å². The molecule has 21 heavy (non-hydrogen) atoms. The zero-order chi connectivity index (χ0) is 15.3. The van der Waals surface area contributed by atoms with Gasteiger partial charge in [0, 0.05) is 25.7 Å². The van der Waals surface area contributed by atoms with Gasteiger partial charge in [-0.05, 0) is 18.1 Å². The molecule has 1 aliphatic heterocycles. The molecule has 6 heteroatoms. The molecule has 1 fully saturated rings. The van der Waals surface area contributed by atoms with E-state index >= 15 is 0 Å². The Hall–Kier alpha value is -0.950. The zero-order valence-electron chi connectivity index (χ0n) is 12.7. The van der Waals surface area contributed by atoms with Crippen molar-refractivity contribution in [3.05, 3.63) is 30.3 Å². The van der Waals surface area contributed by atoms with E-state index in [4.69, 9.17) is 4.74 Å².